The molecule has 2 atom stereocenters. The van der Waals surface area contributed by atoms with Gasteiger partial charge in [0, 0.05) is 41.5 Å². The Hall–Kier alpha value is -3.10. The van der Waals surface area contributed by atoms with Crippen molar-refractivity contribution in [3.63, 3.8) is 0 Å². The zero-order valence-corrected chi connectivity index (χ0v) is 24.5. The van der Waals surface area contributed by atoms with E-state index in [2.05, 4.69) is 10.3 Å². The molecule has 1 aromatic heterocycles. The number of hydrogen-bond acceptors (Lipinski definition) is 6. The van der Waals surface area contributed by atoms with Crippen molar-refractivity contribution in [2.24, 2.45) is 0 Å². The molecule has 2 unspecified atom stereocenters. The normalized spacial score (nSPS) is 13.7. The van der Waals surface area contributed by atoms with Crippen molar-refractivity contribution in [2.45, 2.75) is 83.7 Å². The molecule has 40 heavy (non-hydrogen) atoms. The van der Waals surface area contributed by atoms with Gasteiger partial charge in [0.2, 0.25) is 0 Å². The molecule has 0 spiro atoms. The number of carbonyl (C=O) groups excluding carboxylic acids is 1. The van der Waals surface area contributed by atoms with E-state index in [1.807, 2.05) is 106 Å². The van der Waals surface area contributed by atoms with E-state index in [4.69, 9.17) is 0 Å². The van der Waals surface area contributed by atoms with Crippen LogP contribution in [0.15, 0.2) is 72.9 Å². The lowest BCUT2D eigenvalue weighted by molar-refractivity contribution is -0.0679. The summed E-state index contributed by atoms with van der Waals surface area (Å²) in [5, 5.41) is 35.5. The number of aromatic nitrogens is 1. The fraction of sp³-hybridized carbons (Fsp3) is 0.455. The molecule has 0 aliphatic rings. The van der Waals surface area contributed by atoms with Crippen molar-refractivity contribution in [3.8, 4) is 0 Å². The number of nitrogens with zero attached hydrogens (tertiary/aromatic N) is 2. The fourth-order valence-corrected chi connectivity index (χ4v) is 5.10. The molecule has 3 rings (SSSR count). The monoisotopic (exact) mass is 547 g/mol. The molecule has 0 saturated heterocycles. The van der Waals surface area contributed by atoms with Gasteiger partial charge in [0.15, 0.2) is 0 Å². The smallest absolute Gasteiger partial charge is 0.251 e. The Morgan fingerprint density at radius 1 is 0.925 bits per heavy atom. The lowest BCUT2D eigenvalue weighted by atomic mass is 9.91. The molecule has 3 aromatic rings. The third-order valence-corrected chi connectivity index (χ3v) is 7.04. The first-order chi connectivity index (χ1) is 18.9. The highest BCUT2D eigenvalue weighted by atomic mass is 16.3. The molecule has 0 aliphatic carbocycles. The Balaban J connectivity index is 1.74. The Morgan fingerprint density at radius 2 is 1.57 bits per heavy atom. The Morgan fingerprint density at radius 3 is 2.23 bits per heavy atom. The highest BCUT2D eigenvalue weighted by molar-refractivity contribution is 5.96. The largest absolute Gasteiger partial charge is 0.395 e. The van der Waals surface area contributed by atoms with E-state index < -0.39 is 17.9 Å². The van der Waals surface area contributed by atoms with Crippen LogP contribution in [0.1, 0.15) is 80.0 Å². The maximum Gasteiger partial charge on any atom is 0.251 e. The zero-order valence-electron chi connectivity index (χ0n) is 24.5. The quantitative estimate of drug-likeness (QED) is 0.236. The summed E-state index contributed by atoms with van der Waals surface area (Å²) in [6, 6.07) is 20.9. The minimum absolute atomic E-state index is 0.101. The minimum atomic E-state index is -0.976. The van der Waals surface area contributed by atoms with E-state index in [-0.39, 0.29) is 24.6 Å². The molecule has 4 N–H and O–H groups in total. The first-order valence-corrected chi connectivity index (χ1v) is 14.0. The number of benzene rings is 2. The molecule has 2 aromatic carbocycles. The Labute approximate surface area is 238 Å². The molecule has 0 bridgehead atoms. The van der Waals surface area contributed by atoms with Crippen LogP contribution in [0.2, 0.25) is 0 Å². The number of carbonyl (C=O) groups is 1. The number of amides is 1. The van der Waals surface area contributed by atoms with Gasteiger partial charge in [-0.3, -0.25) is 14.7 Å². The van der Waals surface area contributed by atoms with Crippen LogP contribution < -0.4 is 5.32 Å². The number of aliphatic hydroxyl groups is 3. The summed E-state index contributed by atoms with van der Waals surface area (Å²) in [5.41, 5.74) is 3.12. The highest BCUT2D eigenvalue weighted by Gasteiger charge is 2.34. The molecule has 1 heterocycles. The van der Waals surface area contributed by atoms with Crippen molar-refractivity contribution < 1.29 is 20.1 Å². The van der Waals surface area contributed by atoms with Crippen LogP contribution in [0, 0.1) is 0 Å². The number of aryl methyl sites for hydroxylation is 1. The molecule has 216 valence electrons. The Kier molecular flexibility index (Phi) is 11.0. The maximum absolute atomic E-state index is 12.8. The molecule has 0 saturated carbocycles. The van der Waals surface area contributed by atoms with Crippen LogP contribution in [0.25, 0.3) is 0 Å². The molecule has 1 amide bonds. The van der Waals surface area contributed by atoms with Crippen molar-refractivity contribution in [1.29, 1.82) is 0 Å². The van der Waals surface area contributed by atoms with Crippen LogP contribution in [-0.4, -0.2) is 61.4 Å². The minimum Gasteiger partial charge on any atom is -0.395 e. The van der Waals surface area contributed by atoms with Gasteiger partial charge in [-0.25, -0.2) is 0 Å². The van der Waals surface area contributed by atoms with Crippen molar-refractivity contribution in [2.75, 3.05) is 13.2 Å². The molecular weight excluding hydrogens is 502 g/mol. The van der Waals surface area contributed by atoms with Crippen LogP contribution >= 0.6 is 0 Å². The number of pyridine rings is 1. The van der Waals surface area contributed by atoms with Crippen molar-refractivity contribution >= 4 is 5.91 Å². The maximum atomic E-state index is 12.8. The van der Waals surface area contributed by atoms with Crippen LogP contribution in [0.5, 0.6) is 0 Å². The molecule has 7 heteroatoms. The summed E-state index contributed by atoms with van der Waals surface area (Å²) < 4.78 is 0. The van der Waals surface area contributed by atoms with Gasteiger partial charge in [0.25, 0.3) is 5.91 Å². The van der Waals surface area contributed by atoms with E-state index in [1.54, 1.807) is 6.20 Å². The van der Waals surface area contributed by atoms with Gasteiger partial charge >= 0.3 is 0 Å². The fourth-order valence-electron chi connectivity index (χ4n) is 5.10. The Bertz CT molecular complexity index is 1220. The first-order valence-electron chi connectivity index (χ1n) is 14.0. The zero-order chi connectivity index (χ0) is 29.3. The first kappa shape index (κ1) is 31.4. The summed E-state index contributed by atoms with van der Waals surface area (Å²) >= 11 is 0. The van der Waals surface area contributed by atoms with Gasteiger partial charge in [-0.15, -0.1) is 0 Å². The van der Waals surface area contributed by atoms with E-state index in [0.29, 0.717) is 36.8 Å². The number of nitrogens with one attached hydrogen (secondary N) is 1. The van der Waals surface area contributed by atoms with Gasteiger partial charge in [0.1, 0.15) is 6.23 Å². The number of aliphatic hydroxyl groups excluding tert-OH is 3. The summed E-state index contributed by atoms with van der Waals surface area (Å²) in [6.45, 7) is 10.1. The third kappa shape index (κ3) is 8.96. The lowest BCUT2D eigenvalue weighted by Gasteiger charge is -2.42. The average Bonchev–Trinajstić information content (AvgIpc) is 2.90. The summed E-state index contributed by atoms with van der Waals surface area (Å²) in [6.07, 6.45) is 2.08. The molecule has 0 radical (unpaired) electrons. The van der Waals surface area contributed by atoms with E-state index in [9.17, 15) is 20.1 Å². The molecule has 7 nitrogen and oxygen atoms in total. The summed E-state index contributed by atoms with van der Waals surface area (Å²) in [4.78, 5) is 19.2. The SMILES string of the molecule is CC(C)(C)NC(=O)c1ccccc1CCC(O)Cc1ccccc1C(O)N(CCO)C(C)(C)Cc1ccccn1. The van der Waals surface area contributed by atoms with E-state index >= 15 is 0 Å². The summed E-state index contributed by atoms with van der Waals surface area (Å²) in [5.74, 6) is -0.122. The van der Waals surface area contributed by atoms with Gasteiger partial charge in [-0.1, -0.05) is 48.5 Å². The second-order valence-corrected chi connectivity index (χ2v) is 12.1. The second-order valence-electron chi connectivity index (χ2n) is 12.1. The average molecular weight is 548 g/mol. The third-order valence-electron chi connectivity index (χ3n) is 7.04. The van der Waals surface area contributed by atoms with Gasteiger partial charge in [0.05, 0.1) is 12.7 Å². The van der Waals surface area contributed by atoms with Crippen LogP contribution in [0.4, 0.5) is 0 Å². The predicted octanol–water partition coefficient (Wildman–Crippen LogP) is 4.45. The molecule has 0 aliphatic heterocycles. The molecular formula is C33H45N3O4. The summed E-state index contributed by atoms with van der Waals surface area (Å²) in [7, 11) is 0. The van der Waals surface area contributed by atoms with E-state index in [0.717, 1.165) is 16.8 Å². The van der Waals surface area contributed by atoms with Gasteiger partial charge in [-0.05, 0) is 88.8 Å². The molecule has 0 fully saturated rings. The lowest BCUT2D eigenvalue weighted by Crippen LogP contribution is -2.49. The standard InChI is InChI=1S/C33H45N3O4/c1-32(2,3)35-30(39)28-15-8-6-12-24(28)17-18-27(38)22-25-13-7-9-16-29(25)31(40)36(20-21-37)33(4,5)23-26-14-10-11-19-34-26/h6-16,19,27,31,37-38,40H,17-18,20-23H2,1-5H3,(H,35,39). The van der Waals surface area contributed by atoms with Crippen LogP contribution in [0.3, 0.4) is 0 Å². The number of β-amino-alcohol motifs (C(OH)–C–C–N with tert-alkyl or cyclic N) is 1. The number of hydrogen-bond donors (Lipinski definition) is 4. The van der Waals surface area contributed by atoms with Gasteiger partial charge < -0.3 is 20.6 Å². The van der Waals surface area contributed by atoms with Crippen molar-refractivity contribution in [1.82, 2.24) is 15.2 Å². The number of rotatable bonds is 13. The topological polar surface area (TPSA) is 106 Å². The second kappa shape index (κ2) is 14.0. The van der Waals surface area contributed by atoms with Crippen molar-refractivity contribution in [3.05, 3.63) is 101 Å². The predicted molar refractivity (Wildman–Crippen MR) is 159 cm³/mol. The highest BCUT2D eigenvalue weighted by Crippen LogP contribution is 2.31. The van der Waals surface area contributed by atoms with Gasteiger partial charge in [-0.2, -0.15) is 0 Å². The van der Waals surface area contributed by atoms with E-state index in [1.165, 1.54) is 0 Å². The van der Waals surface area contributed by atoms with Crippen LogP contribution in [-0.2, 0) is 19.3 Å².